The van der Waals surface area contributed by atoms with Crippen LogP contribution in [-0.4, -0.2) is 122 Å². The summed E-state index contributed by atoms with van der Waals surface area (Å²) < 4.78 is 466. The normalized spacial score (nSPS) is 25.4. The van der Waals surface area contributed by atoms with Crippen molar-refractivity contribution in [2.75, 3.05) is 26.9 Å². The Morgan fingerprint density at radius 3 is 0.783 bits per heavy atom. The van der Waals surface area contributed by atoms with E-state index in [1.165, 1.54) is 12.8 Å². The molecule has 9 unspecified atom stereocenters. The van der Waals surface area contributed by atoms with Gasteiger partial charge < -0.3 is 9.47 Å². The minimum Gasteiger partial charge on any atom is -0.382 e. The van der Waals surface area contributed by atoms with E-state index >= 15 is 0 Å². The van der Waals surface area contributed by atoms with E-state index in [1.807, 2.05) is 0 Å². The van der Waals surface area contributed by atoms with Gasteiger partial charge in [0.05, 0.1) is 19.8 Å². The summed E-state index contributed by atoms with van der Waals surface area (Å²) in [6.45, 7) is 22.0. The van der Waals surface area contributed by atoms with E-state index in [0.29, 0.717) is 43.1 Å². The van der Waals surface area contributed by atoms with Crippen molar-refractivity contribution in [1.29, 1.82) is 0 Å². The van der Waals surface area contributed by atoms with Gasteiger partial charge in [-0.05, 0) is 80.0 Å². The Bertz CT molecular complexity index is 2210. The zero-order valence-corrected chi connectivity index (χ0v) is 41.9. The molecule has 2 nitrogen and oxygen atoms in total. The molecule has 0 saturated heterocycles. The van der Waals surface area contributed by atoms with Crippen molar-refractivity contribution in [2.45, 2.75) is 134 Å². The summed E-state index contributed by atoms with van der Waals surface area (Å²) in [5, 5.41) is 0. The van der Waals surface area contributed by atoms with Gasteiger partial charge in [-0.1, -0.05) is 36.5 Å². The van der Waals surface area contributed by atoms with Crippen molar-refractivity contribution in [3.8, 4) is 0 Å². The lowest BCUT2D eigenvalue weighted by molar-refractivity contribution is -0.475. The number of hydrogen-bond acceptors (Lipinski definition) is 2. The largest absolute Gasteiger partial charge is 0.460 e. The first kappa shape index (κ1) is 77.0. The van der Waals surface area contributed by atoms with Crippen LogP contribution < -0.4 is 0 Å². The highest BCUT2D eigenvalue weighted by molar-refractivity contribution is 5.20. The van der Waals surface area contributed by atoms with Crippen LogP contribution in [0.2, 0.25) is 0 Å². The van der Waals surface area contributed by atoms with E-state index in [2.05, 4.69) is 51.6 Å². The topological polar surface area (TPSA) is 18.5 Å². The summed E-state index contributed by atoms with van der Waals surface area (Å²) in [7, 11) is 1.69. The molecule has 0 amide bonds. The Morgan fingerprint density at radius 2 is 0.542 bits per heavy atom. The molecule has 0 radical (unpaired) electrons. The maximum atomic E-state index is 14.5. The number of halogens is 34. The molecule has 0 aromatic heterocycles. The van der Waals surface area contributed by atoms with Gasteiger partial charge in [-0.15, -0.1) is 39.5 Å². The molecule has 0 heterocycles. The van der Waals surface area contributed by atoms with Crippen LogP contribution in [0.3, 0.4) is 0 Å². The maximum Gasteiger partial charge on any atom is 0.460 e. The molecular formula is C47H48F34O2. The Morgan fingerprint density at radius 1 is 0.301 bits per heavy atom. The molecule has 3 aliphatic rings. The predicted octanol–water partition coefficient (Wildman–Crippen LogP) is 18.7. The highest BCUT2D eigenvalue weighted by Crippen LogP contribution is 2.68. The average Bonchev–Trinajstić information content (AvgIpc) is 4.11. The van der Waals surface area contributed by atoms with Crippen LogP contribution >= 0.6 is 0 Å². The summed E-state index contributed by atoms with van der Waals surface area (Å²) in [4.78, 5) is 0. The number of methoxy groups -OCH3 is 1. The van der Waals surface area contributed by atoms with E-state index in [0.717, 1.165) is 18.8 Å². The Hall–Kier alpha value is -4.02. The third-order valence-corrected chi connectivity index (χ3v) is 14.2. The van der Waals surface area contributed by atoms with Gasteiger partial charge in [-0.3, -0.25) is 0 Å². The molecule has 3 aliphatic carbocycles. The second-order valence-electron chi connectivity index (χ2n) is 19.3. The first-order chi connectivity index (χ1) is 36.8. The van der Waals surface area contributed by atoms with Gasteiger partial charge in [-0.2, -0.15) is 149 Å². The molecule has 0 aromatic carbocycles. The van der Waals surface area contributed by atoms with Crippen molar-refractivity contribution in [3.05, 3.63) is 75.9 Å². The zero-order valence-electron chi connectivity index (χ0n) is 41.9. The summed E-state index contributed by atoms with van der Waals surface area (Å²) >= 11 is 0. The van der Waals surface area contributed by atoms with E-state index in [-0.39, 0.29) is 6.42 Å². The Labute approximate surface area is 448 Å². The van der Waals surface area contributed by atoms with E-state index in [9.17, 15) is 149 Å². The molecule has 0 aliphatic heterocycles. The van der Waals surface area contributed by atoms with Crippen LogP contribution in [-0.2, 0) is 9.47 Å². The minimum atomic E-state index is -9.17. The molecule has 3 fully saturated rings. The van der Waals surface area contributed by atoms with Crippen molar-refractivity contribution in [1.82, 2.24) is 0 Å². The fourth-order valence-electron chi connectivity index (χ4n) is 9.03. The van der Waals surface area contributed by atoms with Crippen LogP contribution in [0.25, 0.3) is 0 Å². The highest BCUT2D eigenvalue weighted by Gasteiger charge is 2.98. The van der Waals surface area contributed by atoms with Crippen LogP contribution in [0.5, 0.6) is 0 Å². The second kappa shape index (κ2) is 25.0. The second-order valence-corrected chi connectivity index (χ2v) is 19.3. The van der Waals surface area contributed by atoms with Gasteiger partial charge in [0, 0.05) is 18.9 Å². The van der Waals surface area contributed by atoms with Gasteiger partial charge in [0.15, 0.2) is 0 Å². The van der Waals surface area contributed by atoms with Crippen LogP contribution in [0, 0.1) is 53.3 Å². The third-order valence-electron chi connectivity index (χ3n) is 14.2. The molecule has 0 spiro atoms. The average molecular weight is 1290 g/mol. The van der Waals surface area contributed by atoms with Crippen LogP contribution in [0.1, 0.15) is 38.5 Å². The maximum absolute atomic E-state index is 14.5. The molecule has 0 N–H and O–H groups in total. The molecule has 36 heteroatoms. The first-order valence-electron chi connectivity index (χ1n) is 23.0. The number of allylic oxidation sites excluding steroid dienone is 6. The summed E-state index contributed by atoms with van der Waals surface area (Å²) in [5.41, 5.74) is 0. The quantitative estimate of drug-likeness (QED) is 0.0515. The molecule has 0 aromatic rings. The molecule has 9 atom stereocenters. The summed E-state index contributed by atoms with van der Waals surface area (Å²) in [5.74, 6) is -123. The zero-order chi connectivity index (χ0) is 66.2. The molecule has 486 valence electrons. The van der Waals surface area contributed by atoms with Crippen molar-refractivity contribution in [2.24, 2.45) is 53.3 Å². The molecular weight excluding hydrogens is 1240 g/mol. The fraction of sp³-hybridized carbons (Fsp3) is 0.745. The number of alkyl halides is 34. The molecule has 3 saturated carbocycles. The lowest BCUT2D eigenvalue weighted by Crippen LogP contribution is -2.77. The van der Waals surface area contributed by atoms with Gasteiger partial charge in [0.25, 0.3) is 0 Å². The van der Waals surface area contributed by atoms with Crippen LogP contribution in [0.15, 0.2) is 75.9 Å². The molecule has 0 bridgehead atoms. The van der Waals surface area contributed by atoms with Crippen LogP contribution in [0.4, 0.5) is 149 Å². The molecule has 83 heavy (non-hydrogen) atoms. The third kappa shape index (κ3) is 12.7. The van der Waals surface area contributed by atoms with E-state index in [1.54, 1.807) is 7.11 Å². The Balaban J connectivity index is 0.000000689. The van der Waals surface area contributed by atoms with Gasteiger partial charge in [0.1, 0.15) is 0 Å². The summed E-state index contributed by atoms with van der Waals surface area (Å²) in [6, 6.07) is 0. The van der Waals surface area contributed by atoms with Crippen molar-refractivity contribution < 1.29 is 159 Å². The standard InChI is InChI=1S/C19H13F21.C15H13F13.C13H22O2/c1-3-7-5-8(4-2)9(6-7)10(20,21)11(22,23)12(24,25)13(26,27)14(28,29)15(30,31)16(32,33)17(34,35)18(36,37)19(38,39)40;1-3-7-5-8(4-2)9(6-7)10(16,17)11(18,19)12(20,21)13(22,23)14(24,25)15(26,27)28;1-4-11-8-12(5-2)13(9-11)10-15-7-6-14-3/h3-4,7-9H,1-2,5-6H2;3-4,7-9H,1-2,5-6H2;4-5,11-13H,1-2,6-10H2,3H3. The predicted molar refractivity (Wildman–Crippen MR) is 224 cm³/mol. The smallest absolute Gasteiger partial charge is 0.382 e. The highest BCUT2D eigenvalue weighted by atomic mass is 19.4. The lowest BCUT2D eigenvalue weighted by Gasteiger charge is -2.45. The minimum absolute atomic E-state index is 0.357. The van der Waals surface area contributed by atoms with Gasteiger partial charge >= 0.3 is 95.3 Å². The molecule has 3 rings (SSSR count). The van der Waals surface area contributed by atoms with E-state index < -0.39 is 150 Å². The number of rotatable bonds is 25. The number of ether oxygens (including phenoxy) is 2. The Kier molecular flexibility index (Phi) is 23.2. The first-order valence-corrected chi connectivity index (χ1v) is 23.0. The number of hydrogen-bond donors (Lipinski definition) is 0. The lowest BCUT2D eigenvalue weighted by atomic mass is 9.80. The van der Waals surface area contributed by atoms with Crippen molar-refractivity contribution in [3.63, 3.8) is 0 Å². The SMILES string of the molecule is C=CC1CC(C=C)C(C(F)(F)C(F)(F)C(F)(F)C(F)(F)C(F)(F)C(F)(F)C(F)(F)C(F)(F)C(F)(F)C(F)(F)F)C1.C=CC1CC(C=C)C(C(F)(F)C(F)(F)C(F)(F)C(F)(F)C(F)(F)C(F)(F)F)C1.C=CC1CC(C=C)C(COCCOC)C1. The van der Waals surface area contributed by atoms with E-state index in [4.69, 9.17) is 9.47 Å². The van der Waals surface area contributed by atoms with Crippen molar-refractivity contribution >= 4 is 0 Å². The van der Waals surface area contributed by atoms with Gasteiger partial charge in [0.2, 0.25) is 0 Å². The van der Waals surface area contributed by atoms with Gasteiger partial charge in [-0.25, -0.2) is 0 Å². The monoisotopic (exact) mass is 1290 g/mol. The fourth-order valence-corrected chi connectivity index (χ4v) is 9.03. The summed E-state index contributed by atoms with van der Waals surface area (Å²) in [6.07, 6.45) is -9.42.